The van der Waals surface area contributed by atoms with Gasteiger partial charge in [-0.05, 0) is 104 Å². The maximum absolute atomic E-state index is 7.01. The van der Waals surface area contributed by atoms with Gasteiger partial charge in [-0.15, -0.1) is 0 Å². The van der Waals surface area contributed by atoms with E-state index in [-0.39, 0.29) is 0 Å². The fourth-order valence-electron chi connectivity index (χ4n) is 10.1. The van der Waals surface area contributed by atoms with E-state index in [2.05, 4.69) is 240 Å². The molecule has 0 bridgehead atoms. The first-order valence-corrected chi connectivity index (χ1v) is 21.6. The molecule has 3 heteroatoms. The molecule has 0 atom stereocenters. The van der Waals surface area contributed by atoms with Crippen molar-refractivity contribution in [1.29, 1.82) is 0 Å². The summed E-state index contributed by atoms with van der Waals surface area (Å²) < 4.78 is 9.40. The van der Waals surface area contributed by atoms with Crippen molar-refractivity contribution in [2.24, 2.45) is 0 Å². The lowest BCUT2D eigenvalue weighted by Gasteiger charge is -2.29. The number of rotatable bonds is 6. The first-order valence-electron chi connectivity index (χ1n) is 21.6. The zero-order chi connectivity index (χ0) is 41.4. The Morgan fingerprint density at radius 2 is 0.952 bits per heavy atom. The van der Waals surface area contributed by atoms with Crippen LogP contribution in [0.2, 0.25) is 0 Å². The third kappa shape index (κ3) is 5.53. The molecule has 0 N–H and O–H groups in total. The fourth-order valence-corrected chi connectivity index (χ4v) is 10.1. The van der Waals surface area contributed by atoms with E-state index >= 15 is 0 Å². The Morgan fingerprint density at radius 1 is 0.349 bits per heavy atom. The molecule has 0 aliphatic rings. The van der Waals surface area contributed by atoms with Gasteiger partial charge >= 0.3 is 0 Å². The molecule has 11 aromatic carbocycles. The molecule has 0 spiro atoms. The van der Waals surface area contributed by atoms with E-state index < -0.39 is 0 Å². The second-order valence-corrected chi connectivity index (χ2v) is 16.4. The van der Waals surface area contributed by atoms with Gasteiger partial charge in [0.15, 0.2) is 0 Å². The van der Waals surface area contributed by atoms with Crippen LogP contribution in [-0.2, 0) is 0 Å². The molecule has 0 amide bonds. The number of hydrogen-bond acceptors (Lipinski definition) is 2. The van der Waals surface area contributed by atoms with Gasteiger partial charge < -0.3 is 13.9 Å². The summed E-state index contributed by atoms with van der Waals surface area (Å²) in [5, 5.41) is 11.9. The van der Waals surface area contributed by atoms with Crippen LogP contribution in [0.5, 0.6) is 0 Å². The summed E-state index contributed by atoms with van der Waals surface area (Å²) >= 11 is 0. The standard InChI is InChI=1S/C60H38N2O/c1-3-20-45-39(15-1)17-14-27-46(45)40-31-33-43(34-32-40)61(57-38-42-16-2-4-21-47(42)49-22-5-6-23-50(49)57)56-36-35-48(60-59(56)53-26-9-12-30-58(53)63-60)41-18-13-19-44(37-41)62-54-28-10-7-24-51(54)52-25-8-11-29-55(52)62/h1-38H. The Balaban J connectivity index is 1.06. The van der Waals surface area contributed by atoms with Gasteiger partial charge in [-0.25, -0.2) is 0 Å². The maximum Gasteiger partial charge on any atom is 0.145 e. The molecule has 13 aromatic rings. The number of hydrogen-bond donors (Lipinski definition) is 0. The van der Waals surface area contributed by atoms with Crippen LogP contribution in [0.25, 0.3) is 104 Å². The number of benzene rings is 11. The molecule has 63 heavy (non-hydrogen) atoms. The minimum atomic E-state index is 0.856. The van der Waals surface area contributed by atoms with Gasteiger partial charge in [0.1, 0.15) is 11.2 Å². The van der Waals surface area contributed by atoms with E-state index in [9.17, 15) is 0 Å². The predicted octanol–water partition coefficient (Wildman–Crippen LogP) is 16.9. The molecule has 13 rings (SSSR count). The summed E-state index contributed by atoms with van der Waals surface area (Å²) in [4.78, 5) is 2.45. The highest BCUT2D eigenvalue weighted by molar-refractivity contribution is 6.20. The van der Waals surface area contributed by atoms with Crippen molar-refractivity contribution in [2.75, 3.05) is 4.90 Å². The van der Waals surface area contributed by atoms with E-state index in [4.69, 9.17) is 4.42 Å². The lowest BCUT2D eigenvalue weighted by molar-refractivity contribution is 0.670. The van der Waals surface area contributed by atoms with Crippen molar-refractivity contribution in [3.63, 3.8) is 0 Å². The molecule has 2 heterocycles. The Labute approximate surface area is 363 Å². The molecule has 0 unspecified atom stereocenters. The van der Waals surface area contributed by atoms with E-state index in [0.717, 1.165) is 55.8 Å². The third-order valence-corrected chi connectivity index (χ3v) is 13.0. The van der Waals surface area contributed by atoms with Crippen LogP contribution in [0.3, 0.4) is 0 Å². The summed E-state index contributed by atoms with van der Waals surface area (Å²) in [6.45, 7) is 0. The highest BCUT2D eigenvalue weighted by atomic mass is 16.3. The van der Waals surface area contributed by atoms with Crippen molar-refractivity contribution in [1.82, 2.24) is 4.57 Å². The lowest BCUT2D eigenvalue weighted by Crippen LogP contribution is -2.11. The highest BCUT2D eigenvalue weighted by Gasteiger charge is 2.24. The summed E-state index contributed by atoms with van der Waals surface area (Å²) in [6.07, 6.45) is 0. The highest BCUT2D eigenvalue weighted by Crippen LogP contribution is 2.49. The molecule has 0 aliphatic carbocycles. The van der Waals surface area contributed by atoms with E-state index in [1.165, 1.54) is 65.3 Å². The van der Waals surface area contributed by atoms with Crippen LogP contribution in [0.15, 0.2) is 235 Å². The van der Waals surface area contributed by atoms with Crippen molar-refractivity contribution >= 4 is 93.1 Å². The first-order chi connectivity index (χ1) is 31.3. The molecule has 0 radical (unpaired) electrons. The first kappa shape index (κ1) is 35.4. The molecule has 294 valence electrons. The maximum atomic E-state index is 7.01. The third-order valence-electron chi connectivity index (χ3n) is 13.0. The normalized spacial score (nSPS) is 11.8. The molecular formula is C60H38N2O. The zero-order valence-electron chi connectivity index (χ0n) is 34.2. The van der Waals surface area contributed by atoms with Gasteiger partial charge in [-0.3, -0.25) is 0 Å². The summed E-state index contributed by atoms with van der Waals surface area (Å²) in [7, 11) is 0. The van der Waals surface area contributed by atoms with Crippen LogP contribution >= 0.6 is 0 Å². The summed E-state index contributed by atoms with van der Waals surface area (Å²) in [5.74, 6) is 0. The number of aromatic nitrogens is 1. The van der Waals surface area contributed by atoms with Crippen LogP contribution < -0.4 is 4.90 Å². The van der Waals surface area contributed by atoms with Crippen molar-refractivity contribution in [3.05, 3.63) is 231 Å². The van der Waals surface area contributed by atoms with E-state index in [1.807, 2.05) is 0 Å². The predicted molar refractivity (Wildman–Crippen MR) is 266 cm³/mol. The fraction of sp³-hybridized carbons (Fsp3) is 0. The number of nitrogens with zero attached hydrogens (tertiary/aromatic N) is 2. The Kier molecular flexibility index (Phi) is 7.91. The second kappa shape index (κ2) is 14.1. The van der Waals surface area contributed by atoms with Crippen LogP contribution in [0.4, 0.5) is 17.1 Å². The Hall–Kier alpha value is -8.40. The summed E-state index contributed by atoms with van der Waals surface area (Å²) in [6, 6.07) is 83.4. The summed E-state index contributed by atoms with van der Waals surface area (Å²) in [5.41, 5.74) is 12.9. The van der Waals surface area contributed by atoms with Crippen molar-refractivity contribution < 1.29 is 4.42 Å². The number of furan rings is 1. The molecule has 0 saturated heterocycles. The molecular weight excluding hydrogens is 765 g/mol. The second-order valence-electron chi connectivity index (χ2n) is 16.4. The number of para-hydroxylation sites is 3. The van der Waals surface area contributed by atoms with E-state index in [0.29, 0.717) is 0 Å². The van der Waals surface area contributed by atoms with Crippen LogP contribution in [-0.4, -0.2) is 4.57 Å². The van der Waals surface area contributed by atoms with Gasteiger partial charge in [0.2, 0.25) is 0 Å². The van der Waals surface area contributed by atoms with Crippen LogP contribution in [0.1, 0.15) is 0 Å². The largest absolute Gasteiger partial charge is 0.455 e. The monoisotopic (exact) mass is 802 g/mol. The quantitative estimate of drug-likeness (QED) is 0.156. The lowest BCUT2D eigenvalue weighted by atomic mass is 9.96. The van der Waals surface area contributed by atoms with Gasteiger partial charge in [0, 0.05) is 38.5 Å². The Bertz CT molecular complexity index is 3870. The number of fused-ring (bicyclic) bond motifs is 10. The smallest absolute Gasteiger partial charge is 0.145 e. The van der Waals surface area contributed by atoms with Gasteiger partial charge in [0.05, 0.1) is 27.8 Å². The molecule has 2 aromatic heterocycles. The minimum Gasteiger partial charge on any atom is -0.455 e. The Morgan fingerprint density at radius 3 is 1.73 bits per heavy atom. The zero-order valence-corrected chi connectivity index (χ0v) is 34.2. The minimum absolute atomic E-state index is 0.856. The molecule has 0 fully saturated rings. The molecule has 3 nitrogen and oxygen atoms in total. The topological polar surface area (TPSA) is 21.3 Å². The van der Waals surface area contributed by atoms with Crippen LogP contribution in [0, 0.1) is 0 Å². The SMILES string of the molecule is c1cc(-c2ccc(N(c3ccc(-c4cccc5ccccc45)cc3)c3cc4ccccc4c4ccccc34)c3c2oc2ccccc23)cc(-n2c3ccccc3c3ccccc32)c1. The van der Waals surface area contributed by atoms with Gasteiger partial charge in [0.25, 0.3) is 0 Å². The number of anilines is 3. The van der Waals surface area contributed by atoms with E-state index in [1.54, 1.807) is 0 Å². The van der Waals surface area contributed by atoms with Crippen molar-refractivity contribution in [3.8, 4) is 27.9 Å². The molecule has 0 aliphatic heterocycles. The van der Waals surface area contributed by atoms with Gasteiger partial charge in [-0.2, -0.15) is 0 Å². The average Bonchev–Trinajstić information content (AvgIpc) is 3.91. The van der Waals surface area contributed by atoms with Crippen molar-refractivity contribution in [2.45, 2.75) is 0 Å². The average molecular weight is 803 g/mol. The van der Waals surface area contributed by atoms with Gasteiger partial charge in [-0.1, -0.05) is 170 Å². The molecule has 0 saturated carbocycles.